The third-order valence-electron chi connectivity index (χ3n) is 2.71. The molecule has 0 saturated heterocycles. The van der Waals surface area contributed by atoms with Crippen molar-refractivity contribution in [2.75, 3.05) is 13.1 Å². The van der Waals surface area contributed by atoms with E-state index in [4.69, 9.17) is 4.42 Å². The Bertz CT molecular complexity index is 403. The molecule has 0 saturated carbocycles. The molecule has 6 heteroatoms. The molecule has 1 aromatic heterocycles. The van der Waals surface area contributed by atoms with E-state index in [1.807, 2.05) is 6.92 Å². The lowest BCUT2D eigenvalue weighted by Crippen LogP contribution is -2.40. The Labute approximate surface area is 125 Å². The molecule has 0 aliphatic carbocycles. The van der Waals surface area contributed by atoms with Crippen LogP contribution in [0.15, 0.2) is 9.41 Å². The Balaban J connectivity index is 0.00000162. The Kier molecular flexibility index (Phi) is 6.45. The first-order valence-corrected chi connectivity index (χ1v) is 6.27. The molecule has 0 amide bonds. The number of guanidine groups is 1. The van der Waals surface area contributed by atoms with Gasteiger partial charge < -0.3 is 15.1 Å². The summed E-state index contributed by atoms with van der Waals surface area (Å²) in [6.45, 7) is 6.64. The maximum Gasteiger partial charge on any atom is 0.194 e. The third-order valence-corrected chi connectivity index (χ3v) is 2.71. The number of nitrogens with zero attached hydrogens (tertiary/aromatic N) is 2. The van der Waals surface area contributed by atoms with Crippen LogP contribution in [-0.4, -0.2) is 24.0 Å². The van der Waals surface area contributed by atoms with E-state index in [9.17, 15) is 0 Å². The quantitative estimate of drug-likeness (QED) is 0.803. The third kappa shape index (κ3) is 4.15. The van der Waals surface area contributed by atoms with Crippen molar-refractivity contribution in [2.45, 2.75) is 39.7 Å². The average molecular weight is 364 g/mol. The van der Waals surface area contributed by atoms with E-state index in [0.717, 1.165) is 55.7 Å². The van der Waals surface area contributed by atoms with Crippen LogP contribution in [0.1, 0.15) is 37.1 Å². The Morgan fingerprint density at radius 3 is 2.94 bits per heavy atom. The number of oxazole rings is 1. The zero-order chi connectivity index (χ0) is 12.1. The van der Waals surface area contributed by atoms with Crippen LogP contribution in [0, 0.1) is 6.92 Å². The van der Waals surface area contributed by atoms with Crippen LogP contribution in [0.4, 0.5) is 0 Å². The summed E-state index contributed by atoms with van der Waals surface area (Å²) < 4.78 is 5.69. The summed E-state index contributed by atoms with van der Waals surface area (Å²) in [5.41, 5.74) is 0.970. The number of hydrogen-bond donors (Lipinski definition) is 2. The number of halogens is 1. The van der Waals surface area contributed by atoms with Crippen molar-refractivity contribution in [1.82, 2.24) is 15.6 Å². The average Bonchev–Trinajstić information content (AvgIpc) is 2.69. The first kappa shape index (κ1) is 15.3. The largest absolute Gasteiger partial charge is 0.444 e. The summed E-state index contributed by atoms with van der Waals surface area (Å²) in [5.74, 6) is 2.60. The highest BCUT2D eigenvalue weighted by molar-refractivity contribution is 14.0. The molecular weight excluding hydrogens is 343 g/mol. The van der Waals surface area contributed by atoms with Crippen molar-refractivity contribution in [3.8, 4) is 0 Å². The summed E-state index contributed by atoms with van der Waals surface area (Å²) in [6.07, 6.45) is 3.06. The molecule has 2 N–H and O–H groups in total. The van der Waals surface area contributed by atoms with Gasteiger partial charge in [0.25, 0.3) is 0 Å². The van der Waals surface area contributed by atoms with Crippen molar-refractivity contribution in [3.05, 3.63) is 17.3 Å². The fraction of sp³-hybridized carbons (Fsp3) is 0.667. The molecule has 1 aliphatic heterocycles. The first-order chi connectivity index (χ1) is 8.29. The summed E-state index contributed by atoms with van der Waals surface area (Å²) in [6, 6.07) is 0. The molecule has 0 bridgehead atoms. The van der Waals surface area contributed by atoms with E-state index in [1.165, 1.54) is 0 Å². The second-order valence-electron chi connectivity index (χ2n) is 4.23. The molecule has 0 unspecified atom stereocenters. The van der Waals surface area contributed by atoms with Gasteiger partial charge in [0.1, 0.15) is 5.76 Å². The van der Waals surface area contributed by atoms with Gasteiger partial charge in [0.15, 0.2) is 11.9 Å². The van der Waals surface area contributed by atoms with Crippen LogP contribution in [0.3, 0.4) is 0 Å². The maximum absolute atomic E-state index is 5.69. The number of nitrogens with one attached hydrogen (secondary N) is 2. The zero-order valence-corrected chi connectivity index (χ0v) is 13.3. The fourth-order valence-corrected chi connectivity index (χ4v) is 1.79. The van der Waals surface area contributed by atoms with Gasteiger partial charge in [-0.1, -0.05) is 6.92 Å². The lowest BCUT2D eigenvalue weighted by molar-refractivity contribution is 0.446. The van der Waals surface area contributed by atoms with Crippen LogP contribution in [0.25, 0.3) is 0 Å². The van der Waals surface area contributed by atoms with Gasteiger partial charge >= 0.3 is 0 Å². The van der Waals surface area contributed by atoms with Gasteiger partial charge in [-0.2, -0.15) is 0 Å². The maximum atomic E-state index is 5.69. The number of aromatic nitrogens is 1. The van der Waals surface area contributed by atoms with Crippen LogP contribution >= 0.6 is 24.0 Å². The number of aliphatic imine (C=N–C) groups is 1. The second-order valence-corrected chi connectivity index (χ2v) is 4.23. The van der Waals surface area contributed by atoms with Gasteiger partial charge in [0.05, 0.1) is 12.2 Å². The summed E-state index contributed by atoms with van der Waals surface area (Å²) in [4.78, 5) is 8.75. The van der Waals surface area contributed by atoms with Crippen LogP contribution in [0.5, 0.6) is 0 Å². The van der Waals surface area contributed by atoms with E-state index in [-0.39, 0.29) is 24.0 Å². The minimum atomic E-state index is 0. The van der Waals surface area contributed by atoms with Gasteiger partial charge in [-0.3, -0.25) is 4.99 Å². The second kappa shape index (κ2) is 7.60. The summed E-state index contributed by atoms with van der Waals surface area (Å²) in [7, 11) is 0. The normalized spacial score (nSPS) is 14.4. The molecule has 102 valence electrons. The van der Waals surface area contributed by atoms with Crippen LogP contribution < -0.4 is 10.6 Å². The first-order valence-electron chi connectivity index (χ1n) is 6.27. The molecule has 1 aliphatic rings. The van der Waals surface area contributed by atoms with E-state index < -0.39 is 0 Å². The van der Waals surface area contributed by atoms with Crippen molar-refractivity contribution in [2.24, 2.45) is 4.99 Å². The molecule has 1 aromatic rings. The topological polar surface area (TPSA) is 62.5 Å². The van der Waals surface area contributed by atoms with Crippen LogP contribution in [-0.2, 0) is 13.0 Å². The van der Waals surface area contributed by atoms with Crippen molar-refractivity contribution in [3.63, 3.8) is 0 Å². The Morgan fingerprint density at radius 2 is 2.28 bits per heavy atom. The molecule has 2 heterocycles. The van der Waals surface area contributed by atoms with Gasteiger partial charge in [-0.05, 0) is 19.8 Å². The molecule has 0 atom stereocenters. The lowest BCUT2D eigenvalue weighted by atomic mass is 10.3. The standard InChI is InChI=1S/C12H20N4O.HI/c1-3-5-11-16-9(2)10(17-11)8-15-12-13-6-4-7-14-12;/h3-8H2,1-2H3,(H2,13,14,15);1H. The van der Waals surface area contributed by atoms with Gasteiger partial charge in [0, 0.05) is 19.5 Å². The molecule has 18 heavy (non-hydrogen) atoms. The summed E-state index contributed by atoms with van der Waals surface area (Å²) in [5, 5.41) is 6.46. The molecule has 0 fully saturated rings. The van der Waals surface area contributed by atoms with E-state index in [2.05, 4.69) is 27.5 Å². The number of hydrogen-bond acceptors (Lipinski definition) is 5. The van der Waals surface area contributed by atoms with Gasteiger partial charge in [-0.15, -0.1) is 24.0 Å². The molecule has 0 spiro atoms. The van der Waals surface area contributed by atoms with E-state index in [1.54, 1.807) is 0 Å². The minimum absolute atomic E-state index is 0. The smallest absolute Gasteiger partial charge is 0.194 e. The molecular formula is C12H21IN4O. The highest BCUT2D eigenvalue weighted by atomic mass is 127. The zero-order valence-electron chi connectivity index (χ0n) is 11.0. The van der Waals surface area contributed by atoms with Crippen LogP contribution in [0.2, 0.25) is 0 Å². The monoisotopic (exact) mass is 364 g/mol. The predicted molar refractivity (Wildman–Crippen MR) is 82.4 cm³/mol. The van der Waals surface area contributed by atoms with Crippen molar-refractivity contribution >= 4 is 29.9 Å². The van der Waals surface area contributed by atoms with E-state index >= 15 is 0 Å². The highest BCUT2D eigenvalue weighted by Gasteiger charge is 2.10. The molecule has 2 rings (SSSR count). The summed E-state index contributed by atoms with van der Waals surface area (Å²) >= 11 is 0. The number of aryl methyl sites for hydroxylation is 2. The highest BCUT2D eigenvalue weighted by Crippen LogP contribution is 2.11. The van der Waals surface area contributed by atoms with Gasteiger partial charge in [-0.25, -0.2) is 4.98 Å². The molecule has 0 radical (unpaired) electrons. The van der Waals surface area contributed by atoms with Gasteiger partial charge in [0.2, 0.25) is 0 Å². The lowest BCUT2D eigenvalue weighted by Gasteiger charge is -2.15. The molecule has 5 nitrogen and oxygen atoms in total. The van der Waals surface area contributed by atoms with Crippen molar-refractivity contribution in [1.29, 1.82) is 0 Å². The Hall–Kier alpha value is -0.790. The van der Waals surface area contributed by atoms with Crippen molar-refractivity contribution < 1.29 is 4.42 Å². The SMILES string of the molecule is CCCc1nc(C)c(CNC2=NCCCN2)o1.I. The fourth-order valence-electron chi connectivity index (χ4n) is 1.79. The van der Waals surface area contributed by atoms with E-state index in [0.29, 0.717) is 6.54 Å². The number of rotatable bonds is 4. The predicted octanol–water partition coefficient (Wildman–Crippen LogP) is 1.99. The Morgan fingerprint density at radius 1 is 1.44 bits per heavy atom. The molecule has 0 aromatic carbocycles. The minimum Gasteiger partial charge on any atom is -0.444 e.